The van der Waals surface area contributed by atoms with E-state index in [1.165, 1.54) is 19.2 Å². The van der Waals surface area contributed by atoms with E-state index in [9.17, 15) is 12.8 Å². The molecule has 0 heterocycles. The first-order chi connectivity index (χ1) is 8.72. The Balaban J connectivity index is 3.04. The van der Waals surface area contributed by atoms with Crippen LogP contribution in [0.25, 0.3) is 0 Å². The lowest BCUT2D eigenvalue weighted by Crippen LogP contribution is -2.43. The Hall–Kier alpha value is -1.18. The molecular weight excluding hydrogens is 273 g/mol. The average Bonchev–Trinajstić information content (AvgIpc) is 2.27. The van der Waals surface area contributed by atoms with Gasteiger partial charge in [0.05, 0.1) is 12.0 Å². The third-order valence-electron chi connectivity index (χ3n) is 2.58. The number of benzene rings is 1. The van der Waals surface area contributed by atoms with Crippen LogP contribution in [0.5, 0.6) is 5.75 Å². The molecule has 2 N–H and O–H groups in total. The average molecular weight is 291 g/mol. The Morgan fingerprint density at radius 2 is 2.05 bits per heavy atom. The van der Waals surface area contributed by atoms with E-state index in [0.717, 1.165) is 6.07 Å². The van der Waals surface area contributed by atoms with Gasteiger partial charge in [0.1, 0.15) is 0 Å². The minimum Gasteiger partial charge on any atom is -0.494 e. The lowest BCUT2D eigenvalue weighted by atomic mass is 10.0. The van der Waals surface area contributed by atoms with Crippen LogP contribution < -0.4 is 9.46 Å². The monoisotopic (exact) mass is 291 g/mol. The number of halogens is 1. The first-order valence-corrected chi connectivity index (χ1v) is 7.18. The highest BCUT2D eigenvalue weighted by Crippen LogP contribution is 2.22. The van der Waals surface area contributed by atoms with Gasteiger partial charge in [-0.2, -0.15) is 0 Å². The lowest BCUT2D eigenvalue weighted by Gasteiger charge is -2.25. The van der Waals surface area contributed by atoms with Gasteiger partial charge in [-0.15, -0.1) is 0 Å². The summed E-state index contributed by atoms with van der Waals surface area (Å²) in [4.78, 5) is -0.184. The second-order valence-corrected chi connectivity index (χ2v) is 6.44. The minimum absolute atomic E-state index is 0.0198. The molecular formula is C12H18FNO4S. The van der Waals surface area contributed by atoms with Crippen LogP contribution in [-0.4, -0.2) is 32.8 Å². The maximum Gasteiger partial charge on any atom is 0.241 e. The summed E-state index contributed by atoms with van der Waals surface area (Å²) >= 11 is 0. The van der Waals surface area contributed by atoms with E-state index in [1.807, 2.05) is 0 Å². The normalized spacial score (nSPS) is 12.5. The van der Waals surface area contributed by atoms with Crippen molar-refractivity contribution in [3.05, 3.63) is 24.0 Å². The van der Waals surface area contributed by atoms with E-state index in [-0.39, 0.29) is 23.7 Å². The Morgan fingerprint density at radius 3 is 2.53 bits per heavy atom. The maximum atomic E-state index is 13.5. The number of aliphatic hydroxyl groups is 1. The smallest absolute Gasteiger partial charge is 0.241 e. The van der Waals surface area contributed by atoms with Gasteiger partial charge in [-0.05, 0) is 38.5 Å². The van der Waals surface area contributed by atoms with Crippen molar-refractivity contribution < 1.29 is 22.7 Å². The predicted octanol–water partition coefficient (Wildman–Crippen LogP) is 1.27. The summed E-state index contributed by atoms with van der Waals surface area (Å²) in [6.45, 7) is 3.13. The molecule has 0 aliphatic heterocycles. The van der Waals surface area contributed by atoms with Crippen LogP contribution in [0, 0.1) is 5.82 Å². The fourth-order valence-corrected chi connectivity index (χ4v) is 3.02. The second kappa shape index (κ2) is 5.85. The Morgan fingerprint density at radius 1 is 1.42 bits per heavy atom. The number of rotatable bonds is 6. The van der Waals surface area contributed by atoms with Crippen LogP contribution in [0.2, 0.25) is 0 Å². The highest BCUT2D eigenvalue weighted by Gasteiger charge is 2.26. The molecule has 0 atom stereocenters. The molecule has 0 spiro atoms. The molecule has 0 aromatic heterocycles. The highest BCUT2D eigenvalue weighted by molar-refractivity contribution is 7.89. The molecule has 0 unspecified atom stereocenters. The van der Waals surface area contributed by atoms with Crippen molar-refractivity contribution in [2.24, 2.45) is 0 Å². The standard InChI is InChI=1S/C12H18FNO4S/c1-12(2,6-7-15)14-19(16,17)9-4-5-11(18-3)10(13)8-9/h4-5,8,14-15H,6-7H2,1-3H3. The van der Waals surface area contributed by atoms with Crippen molar-refractivity contribution in [2.45, 2.75) is 30.7 Å². The van der Waals surface area contributed by atoms with E-state index in [0.29, 0.717) is 0 Å². The number of sulfonamides is 1. The van der Waals surface area contributed by atoms with Gasteiger partial charge in [0.15, 0.2) is 11.6 Å². The quantitative estimate of drug-likeness (QED) is 0.827. The summed E-state index contributed by atoms with van der Waals surface area (Å²) in [6, 6.07) is 3.42. The zero-order valence-electron chi connectivity index (χ0n) is 11.1. The molecule has 1 rings (SSSR count). The number of ether oxygens (including phenoxy) is 1. The molecule has 1 aromatic carbocycles. The van der Waals surface area contributed by atoms with Gasteiger partial charge in [0.2, 0.25) is 10.0 Å². The predicted molar refractivity (Wildman–Crippen MR) is 69.1 cm³/mol. The molecule has 0 aliphatic carbocycles. The van der Waals surface area contributed by atoms with Crippen LogP contribution in [0.15, 0.2) is 23.1 Å². The summed E-state index contributed by atoms with van der Waals surface area (Å²) in [5.74, 6) is -0.765. The van der Waals surface area contributed by atoms with Gasteiger partial charge in [0.25, 0.3) is 0 Å². The summed E-state index contributed by atoms with van der Waals surface area (Å²) in [5, 5.41) is 8.87. The van der Waals surface area contributed by atoms with Gasteiger partial charge in [-0.3, -0.25) is 0 Å². The van der Waals surface area contributed by atoms with Crippen molar-refractivity contribution in [3.8, 4) is 5.75 Å². The van der Waals surface area contributed by atoms with Crippen LogP contribution in [-0.2, 0) is 10.0 Å². The first kappa shape index (κ1) is 15.9. The molecule has 0 saturated carbocycles. The second-order valence-electron chi connectivity index (χ2n) is 4.76. The summed E-state index contributed by atoms with van der Waals surface area (Å²) in [6.07, 6.45) is 0.255. The molecule has 108 valence electrons. The van der Waals surface area contributed by atoms with Crippen LogP contribution in [0.3, 0.4) is 0 Å². The molecule has 0 aliphatic rings. The van der Waals surface area contributed by atoms with Crippen molar-refractivity contribution in [1.29, 1.82) is 0 Å². The zero-order valence-corrected chi connectivity index (χ0v) is 11.9. The van der Waals surface area contributed by atoms with Crippen LogP contribution in [0.4, 0.5) is 4.39 Å². The van der Waals surface area contributed by atoms with Crippen LogP contribution in [0.1, 0.15) is 20.3 Å². The van der Waals surface area contributed by atoms with Crippen molar-refractivity contribution in [2.75, 3.05) is 13.7 Å². The van der Waals surface area contributed by atoms with Crippen molar-refractivity contribution in [3.63, 3.8) is 0 Å². The van der Waals surface area contributed by atoms with E-state index >= 15 is 0 Å². The lowest BCUT2D eigenvalue weighted by molar-refractivity contribution is 0.245. The van der Waals surface area contributed by atoms with Gasteiger partial charge in [-0.1, -0.05) is 0 Å². The van der Waals surface area contributed by atoms with Gasteiger partial charge >= 0.3 is 0 Å². The van der Waals surface area contributed by atoms with E-state index in [2.05, 4.69) is 4.72 Å². The van der Waals surface area contributed by atoms with Crippen molar-refractivity contribution in [1.82, 2.24) is 4.72 Å². The van der Waals surface area contributed by atoms with Crippen LogP contribution >= 0.6 is 0 Å². The summed E-state index contributed by atoms with van der Waals surface area (Å²) in [5.41, 5.74) is -0.815. The van der Waals surface area contributed by atoms with E-state index < -0.39 is 21.4 Å². The molecule has 0 saturated heterocycles. The molecule has 0 fully saturated rings. The minimum atomic E-state index is -3.84. The molecule has 7 heteroatoms. The number of hydrogen-bond donors (Lipinski definition) is 2. The molecule has 0 radical (unpaired) electrons. The zero-order chi connectivity index (χ0) is 14.7. The van der Waals surface area contributed by atoms with Crippen molar-refractivity contribution >= 4 is 10.0 Å². The Bertz CT molecular complexity index is 543. The summed E-state index contributed by atoms with van der Waals surface area (Å²) in [7, 11) is -2.54. The van der Waals surface area contributed by atoms with Gasteiger partial charge in [0, 0.05) is 12.1 Å². The Kier molecular flexibility index (Phi) is 4.89. The Labute approximate surface area is 112 Å². The SMILES string of the molecule is COc1ccc(S(=O)(=O)NC(C)(C)CCO)cc1F. The first-order valence-electron chi connectivity index (χ1n) is 5.70. The van der Waals surface area contributed by atoms with Gasteiger partial charge in [-0.25, -0.2) is 17.5 Å². The number of aliphatic hydroxyl groups excluding tert-OH is 1. The topological polar surface area (TPSA) is 75.6 Å². The van der Waals surface area contributed by atoms with E-state index in [4.69, 9.17) is 9.84 Å². The third kappa shape index (κ3) is 4.15. The van der Waals surface area contributed by atoms with Gasteiger partial charge < -0.3 is 9.84 Å². The van der Waals surface area contributed by atoms with E-state index in [1.54, 1.807) is 13.8 Å². The third-order valence-corrected chi connectivity index (χ3v) is 4.28. The molecule has 19 heavy (non-hydrogen) atoms. The summed E-state index contributed by atoms with van der Waals surface area (Å²) < 4.78 is 44.8. The molecule has 1 aromatic rings. The number of nitrogens with one attached hydrogen (secondary N) is 1. The fourth-order valence-electron chi connectivity index (χ4n) is 1.57. The number of methoxy groups -OCH3 is 1. The maximum absolute atomic E-state index is 13.5. The molecule has 0 amide bonds. The fraction of sp³-hybridized carbons (Fsp3) is 0.500. The number of hydrogen-bond acceptors (Lipinski definition) is 4. The molecule has 0 bridgehead atoms. The largest absolute Gasteiger partial charge is 0.494 e. The molecule has 5 nitrogen and oxygen atoms in total. The highest BCUT2D eigenvalue weighted by atomic mass is 32.2.